The third-order valence-electron chi connectivity index (χ3n) is 7.44. The minimum atomic E-state index is -1.18. The van der Waals surface area contributed by atoms with E-state index in [0.717, 1.165) is 69.6 Å². The van der Waals surface area contributed by atoms with Crippen LogP contribution >= 0.6 is 0 Å². The predicted octanol–water partition coefficient (Wildman–Crippen LogP) is 5.20. The second-order valence-electron chi connectivity index (χ2n) is 11.0. The molecule has 0 unspecified atom stereocenters. The molecule has 222 valence electrons. The topological polar surface area (TPSA) is 132 Å². The molecule has 42 heavy (non-hydrogen) atoms. The predicted molar refractivity (Wildman–Crippen MR) is 160 cm³/mol. The number of aliphatic carboxylic acids is 1. The smallest absolute Gasteiger partial charge is 0.314 e. The molecule has 8 nitrogen and oxygen atoms in total. The molecule has 9 heteroatoms. The normalized spacial score (nSPS) is 14.2. The van der Waals surface area contributed by atoms with Gasteiger partial charge >= 0.3 is 12.0 Å². The van der Waals surface area contributed by atoms with Gasteiger partial charge in [-0.05, 0) is 71.2 Å². The molecule has 2 amide bonds. The fourth-order valence-electron chi connectivity index (χ4n) is 5.43. The van der Waals surface area contributed by atoms with E-state index in [1.807, 2.05) is 19.9 Å². The number of benzene rings is 2. The minimum absolute atomic E-state index is 0.00584. The van der Waals surface area contributed by atoms with Crippen LogP contribution in [0.5, 0.6) is 0 Å². The molecule has 0 saturated heterocycles. The number of nitrogens with zero attached hydrogens (tertiary/aromatic N) is 1. The molecule has 0 fully saturated rings. The second-order valence-corrected chi connectivity index (χ2v) is 11.0. The summed E-state index contributed by atoms with van der Waals surface area (Å²) in [5, 5.41) is 35.0. The fourth-order valence-corrected chi connectivity index (χ4v) is 5.43. The molecule has 2 atom stereocenters. The zero-order valence-corrected chi connectivity index (χ0v) is 24.2. The van der Waals surface area contributed by atoms with Crippen molar-refractivity contribution in [2.24, 2.45) is 0 Å². The Morgan fingerprint density at radius 2 is 1.83 bits per heavy atom. The van der Waals surface area contributed by atoms with Crippen molar-refractivity contribution in [2.75, 3.05) is 7.05 Å². The number of hydrogen-bond acceptors (Lipinski definition) is 5. The molecule has 0 bridgehead atoms. The molecular weight excluding hydrogens is 537 g/mol. The number of fused-ring (bicyclic) bond motifs is 3. The molecule has 2 aromatic carbocycles. The number of rotatable bonds is 10. The number of aromatic nitrogens is 1. The van der Waals surface area contributed by atoms with Crippen LogP contribution in [0.15, 0.2) is 48.5 Å². The standard InChI is InChI=1S/C33H38FN3O5/c1-19(2)31-27(14-13-24(38)16-25(39)17-29(40)41)30(22-9-11-23(34)12-10-22)26-6-4-5-21-8-7-20(18-36-33(42)35-3)15-28(21)32(26)37-31/h7-15,19,24-25,38-39H,4-6,16-18H2,1-3H3,(H,40,41)(H2,35,36,42)/t24-,25-/m1/s1. The first-order valence-corrected chi connectivity index (χ1v) is 14.2. The summed E-state index contributed by atoms with van der Waals surface area (Å²) in [7, 11) is 1.57. The highest BCUT2D eigenvalue weighted by Gasteiger charge is 2.26. The zero-order valence-electron chi connectivity index (χ0n) is 24.2. The number of aryl methyl sites for hydroxylation is 1. The molecule has 0 spiro atoms. The lowest BCUT2D eigenvalue weighted by Gasteiger charge is -2.22. The Kier molecular flexibility index (Phi) is 10.1. The summed E-state index contributed by atoms with van der Waals surface area (Å²) in [5.41, 5.74) is 8.27. The van der Waals surface area contributed by atoms with Crippen LogP contribution in [-0.4, -0.2) is 51.6 Å². The van der Waals surface area contributed by atoms with E-state index >= 15 is 0 Å². The van der Waals surface area contributed by atoms with E-state index in [0.29, 0.717) is 6.54 Å². The molecule has 3 aromatic rings. The zero-order chi connectivity index (χ0) is 30.4. The van der Waals surface area contributed by atoms with Crippen LogP contribution in [0.1, 0.15) is 67.0 Å². The Morgan fingerprint density at radius 3 is 2.50 bits per heavy atom. The van der Waals surface area contributed by atoms with Crippen molar-refractivity contribution in [3.05, 3.63) is 82.3 Å². The van der Waals surface area contributed by atoms with Crippen molar-refractivity contribution in [3.8, 4) is 22.4 Å². The summed E-state index contributed by atoms with van der Waals surface area (Å²) < 4.78 is 14.0. The van der Waals surface area contributed by atoms with Gasteiger partial charge in [-0.3, -0.25) is 9.78 Å². The highest BCUT2D eigenvalue weighted by atomic mass is 19.1. The number of carbonyl (C=O) groups excluding carboxylic acids is 1. The Bertz CT molecular complexity index is 1470. The lowest BCUT2D eigenvalue weighted by molar-refractivity contribution is -0.139. The summed E-state index contributed by atoms with van der Waals surface area (Å²) in [6.07, 6.45) is 2.96. The second kappa shape index (κ2) is 13.7. The van der Waals surface area contributed by atoms with E-state index in [-0.39, 0.29) is 24.2 Å². The number of halogens is 1. The van der Waals surface area contributed by atoms with Gasteiger partial charge in [-0.1, -0.05) is 50.3 Å². The summed E-state index contributed by atoms with van der Waals surface area (Å²) in [4.78, 5) is 28.0. The highest BCUT2D eigenvalue weighted by molar-refractivity contribution is 5.86. The molecule has 0 aliphatic heterocycles. The third-order valence-corrected chi connectivity index (χ3v) is 7.44. The van der Waals surface area contributed by atoms with Crippen molar-refractivity contribution in [1.82, 2.24) is 15.6 Å². The number of carbonyl (C=O) groups is 2. The number of aliphatic hydroxyl groups excluding tert-OH is 2. The number of pyridine rings is 1. The lowest BCUT2D eigenvalue weighted by Crippen LogP contribution is -2.32. The number of nitrogens with one attached hydrogen (secondary N) is 2. The Hall–Kier alpha value is -4.08. The van der Waals surface area contributed by atoms with Gasteiger partial charge in [0.1, 0.15) is 5.82 Å². The van der Waals surface area contributed by atoms with Gasteiger partial charge in [0, 0.05) is 31.1 Å². The quantitative estimate of drug-likeness (QED) is 0.226. The molecule has 5 N–H and O–H groups in total. The average molecular weight is 576 g/mol. The summed E-state index contributed by atoms with van der Waals surface area (Å²) in [6, 6.07) is 12.3. The number of urea groups is 1. The minimum Gasteiger partial charge on any atom is -0.481 e. The van der Waals surface area contributed by atoms with E-state index in [1.54, 1.807) is 31.3 Å². The maximum Gasteiger partial charge on any atom is 0.314 e. The van der Waals surface area contributed by atoms with Crippen LogP contribution in [0.3, 0.4) is 0 Å². The first-order valence-electron chi connectivity index (χ1n) is 14.2. The Balaban J connectivity index is 1.89. The molecule has 1 aromatic heterocycles. The van der Waals surface area contributed by atoms with E-state index in [2.05, 4.69) is 22.8 Å². The SMILES string of the molecule is CNC(=O)NCc1ccc2c(c1)-c1nc(C(C)C)c(C=C[C@@H](O)C[C@@H](O)CC(=O)O)c(-c3ccc(F)cc3)c1CCC2. The molecular formula is C33H38FN3O5. The van der Waals surface area contributed by atoms with Crippen molar-refractivity contribution in [1.29, 1.82) is 0 Å². The molecule has 1 aliphatic rings. The van der Waals surface area contributed by atoms with Gasteiger partial charge in [-0.25, -0.2) is 9.18 Å². The van der Waals surface area contributed by atoms with E-state index in [4.69, 9.17) is 10.1 Å². The number of amides is 2. The number of hydrogen-bond donors (Lipinski definition) is 5. The average Bonchev–Trinajstić information content (AvgIpc) is 3.12. The fraction of sp³-hybridized carbons (Fsp3) is 0.364. The summed E-state index contributed by atoms with van der Waals surface area (Å²) >= 11 is 0. The maximum atomic E-state index is 14.0. The van der Waals surface area contributed by atoms with E-state index < -0.39 is 24.6 Å². The van der Waals surface area contributed by atoms with Crippen LogP contribution in [0.25, 0.3) is 28.5 Å². The van der Waals surface area contributed by atoms with Gasteiger partial charge in [0.15, 0.2) is 0 Å². The number of carboxylic acids is 1. The lowest BCUT2D eigenvalue weighted by atomic mass is 9.86. The van der Waals surface area contributed by atoms with Gasteiger partial charge in [-0.2, -0.15) is 0 Å². The van der Waals surface area contributed by atoms with Crippen LogP contribution in [0, 0.1) is 5.82 Å². The third kappa shape index (κ3) is 7.40. The highest BCUT2D eigenvalue weighted by Crippen LogP contribution is 2.42. The Labute approximate surface area is 245 Å². The van der Waals surface area contributed by atoms with Gasteiger partial charge in [0.05, 0.1) is 30.0 Å². The van der Waals surface area contributed by atoms with E-state index in [9.17, 15) is 24.2 Å². The molecule has 1 aliphatic carbocycles. The van der Waals surface area contributed by atoms with E-state index in [1.165, 1.54) is 12.1 Å². The Morgan fingerprint density at radius 1 is 1.10 bits per heavy atom. The van der Waals surface area contributed by atoms with Crippen molar-refractivity contribution < 1.29 is 29.3 Å². The largest absolute Gasteiger partial charge is 0.481 e. The molecule has 1 heterocycles. The summed E-state index contributed by atoms with van der Waals surface area (Å²) in [5.74, 6) is -1.49. The maximum absolute atomic E-state index is 14.0. The van der Waals surface area contributed by atoms with Gasteiger partial charge in [0.25, 0.3) is 0 Å². The number of carboxylic acid groups (broad SMARTS) is 1. The van der Waals surface area contributed by atoms with Gasteiger partial charge in [-0.15, -0.1) is 0 Å². The van der Waals surface area contributed by atoms with Gasteiger partial charge in [0.2, 0.25) is 0 Å². The summed E-state index contributed by atoms with van der Waals surface area (Å²) in [6.45, 7) is 4.43. The van der Waals surface area contributed by atoms with Crippen molar-refractivity contribution >= 4 is 18.1 Å². The number of aliphatic hydroxyl groups is 2. The molecule has 4 rings (SSSR count). The van der Waals surface area contributed by atoms with Crippen molar-refractivity contribution in [2.45, 2.75) is 70.6 Å². The van der Waals surface area contributed by atoms with Crippen LogP contribution < -0.4 is 10.6 Å². The first-order chi connectivity index (χ1) is 20.1. The monoisotopic (exact) mass is 575 g/mol. The first kappa shape index (κ1) is 30.9. The van der Waals surface area contributed by atoms with Crippen LogP contribution in [0.4, 0.5) is 9.18 Å². The van der Waals surface area contributed by atoms with Crippen LogP contribution in [-0.2, 0) is 24.2 Å². The van der Waals surface area contributed by atoms with Crippen LogP contribution in [0.2, 0.25) is 0 Å². The molecule has 0 radical (unpaired) electrons. The van der Waals surface area contributed by atoms with Crippen molar-refractivity contribution in [3.63, 3.8) is 0 Å². The van der Waals surface area contributed by atoms with Gasteiger partial charge < -0.3 is 26.0 Å². The molecule has 0 saturated carbocycles.